The minimum atomic E-state index is -4.89. The molecule has 0 aliphatic carbocycles. The summed E-state index contributed by atoms with van der Waals surface area (Å²) >= 11 is 1.35. The molecular formula is C27H28F3N9O3S. The summed E-state index contributed by atoms with van der Waals surface area (Å²) in [7, 11) is 1.50. The number of hydrogen-bond acceptors (Lipinski definition) is 11. The summed E-state index contributed by atoms with van der Waals surface area (Å²) in [5, 5.41) is 24.9. The number of nitrogens with one attached hydrogen (secondary N) is 1. The number of aromatic nitrogens is 6. The molecule has 1 saturated heterocycles. The van der Waals surface area contributed by atoms with E-state index in [2.05, 4.69) is 36.7 Å². The molecule has 0 spiro atoms. The maximum atomic E-state index is 14.0. The van der Waals surface area contributed by atoms with E-state index in [0.717, 1.165) is 29.0 Å². The standard InChI is InChI=1S/C27H28F3N9O3S/c1-17(15-42-16-19-13-38(36-35-19)20-7-8-37(14-20)26-32-10-22(9-31)43-26)34-23-11-33-39(25(40)24(23)27(28,29)30)12-18-3-5-21(41-2)6-4-18/h3-6,10-11,13,17,20,34H,7-8,12,14-16H2,1-2H3. The molecule has 5 rings (SSSR count). The lowest BCUT2D eigenvalue weighted by molar-refractivity contribution is -0.138. The number of ether oxygens (including phenoxy) is 2. The molecule has 2 atom stereocenters. The van der Waals surface area contributed by atoms with Crippen molar-refractivity contribution < 1.29 is 22.6 Å². The van der Waals surface area contributed by atoms with Gasteiger partial charge in [-0.1, -0.05) is 28.7 Å². The summed E-state index contributed by atoms with van der Waals surface area (Å²) in [4.78, 5) is 19.8. The molecule has 226 valence electrons. The van der Waals surface area contributed by atoms with Crippen LogP contribution in [0, 0.1) is 11.3 Å². The van der Waals surface area contributed by atoms with Crippen molar-refractivity contribution >= 4 is 22.2 Å². The van der Waals surface area contributed by atoms with E-state index in [9.17, 15) is 18.0 Å². The van der Waals surface area contributed by atoms with Gasteiger partial charge in [0, 0.05) is 19.1 Å². The van der Waals surface area contributed by atoms with Gasteiger partial charge in [0.05, 0.1) is 57.2 Å². The lowest BCUT2D eigenvalue weighted by Gasteiger charge is -2.19. The van der Waals surface area contributed by atoms with E-state index in [-0.39, 0.29) is 25.8 Å². The second-order valence-electron chi connectivity index (χ2n) is 10.00. The van der Waals surface area contributed by atoms with Crippen molar-refractivity contribution in [3.05, 3.63) is 74.9 Å². The molecule has 0 saturated carbocycles. The average Bonchev–Trinajstić information content (AvgIpc) is 3.75. The van der Waals surface area contributed by atoms with Gasteiger partial charge in [0.15, 0.2) is 5.13 Å². The molecule has 16 heteroatoms. The van der Waals surface area contributed by atoms with Gasteiger partial charge in [0.2, 0.25) is 0 Å². The zero-order valence-corrected chi connectivity index (χ0v) is 24.1. The van der Waals surface area contributed by atoms with E-state index in [0.29, 0.717) is 28.4 Å². The van der Waals surface area contributed by atoms with Crippen molar-refractivity contribution in [3.63, 3.8) is 0 Å². The van der Waals surface area contributed by atoms with Crippen LogP contribution in [0.2, 0.25) is 0 Å². The molecule has 1 aliphatic rings. The van der Waals surface area contributed by atoms with Crippen LogP contribution in [-0.4, -0.2) is 62.6 Å². The number of hydrogen-bond donors (Lipinski definition) is 1. The first-order chi connectivity index (χ1) is 20.6. The van der Waals surface area contributed by atoms with Crippen LogP contribution in [0.4, 0.5) is 24.0 Å². The normalized spacial score (nSPS) is 15.8. The van der Waals surface area contributed by atoms with Crippen molar-refractivity contribution in [2.45, 2.75) is 44.8 Å². The van der Waals surface area contributed by atoms with E-state index in [1.165, 1.54) is 18.4 Å². The Balaban J connectivity index is 1.16. The fourth-order valence-corrected chi connectivity index (χ4v) is 5.44. The quantitative estimate of drug-likeness (QED) is 0.266. The van der Waals surface area contributed by atoms with E-state index in [4.69, 9.17) is 14.7 Å². The van der Waals surface area contributed by atoms with Gasteiger partial charge in [0.25, 0.3) is 5.56 Å². The van der Waals surface area contributed by atoms with Crippen LogP contribution in [0.25, 0.3) is 0 Å². The fourth-order valence-electron chi connectivity index (χ4n) is 4.69. The molecule has 4 aromatic rings. The predicted molar refractivity (Wildman–Crippen MR) is 151 cm³/mol. The summed E-state index contributed by atoms with van der Waals surface area (Å²) < 4.78 is 55.2. The Hall–Kier alpha value is -4.49. The largest absolute Gasteiger partial charge is 0.497 e. The zero-order chi connectivity index (χ0) is 30.6. The topological polar surface area (TPSA) is 136 Å². The second-order valence-corrected chi connectivity index (χ2v) is 11.0. The molecular weight excluding hydrogens is 587 g/mol. The first-order valence-electron chi connectivity index (χ1n) is 13.3. The molecule has 1 N–H and O–H groups in total. The van der Waals surface area contributed by atoms with Gasteiger partial charge in [0.1, 0.15) is 28.0 Å². The highest BCUT2D eigenvalue weighted by Crippen LogP contribution is 2.32. The molecule has 1 aliphatic heterocycles. The minimum absolute atomic E-state index is 0.0432. The first-order valence-corrected chi connectivity index (χ1v) is 14.1. The van der Waals surface area contributed by atoms with Crippen LogP contribution < -0.4 is 20.5 Å². The van der Waals surface area contributed by atoms with Crippen molar-refractivity contribution in [1.29, 1.82) is 5.26 Å². The first kappa shape index (κ1) is 30.0. The maximum Gasteiger partial charge on any atom is 0.423 e. The number of benzene rings is 1. The van der Waals surface area contributed by atoms with Crippen molar-refractivity contribution in [2.24, 2.45) is 0 Å². The lowest BCUT2D eigenvalue weighted by atomic mass is 10.2. The molecule has 12 nitrogen and oxygen atoms in total. The molecule has 4 heterocycles. The maximum absolute atomic E-state index is 14.0. The van der Waals surface area contributed by atoms with Crippen LogP contribution >= 0.6 is 11.3 Å². The van der Waals surface area contributed by atoms with Gasteiger partial charge in [-0.05, 0) is 31.0 Å². The van der Waals surface area contributed by atoms with Crippen molar-refractivity contribution in [2.75, 3.05) is 37.0 Å². The molecule has 0 bridgehead atoms. The monoisotopic (exact) mass is 615 g/mol. The number of thiazole rings is 1. The van der Waals surface area contributed by atoms with Gasteiger partial charge in [-0.15, -0.1) is 5.10 Å². The third kappa shape index (κ3) is 7.12. The second kappa shape index (κ2) is 12.8. The molecule has 1 fully saturated rings. The number of halogens is 3. The Morgan fingerprint density at radius 3 is 2.74 bits per heavy atom. The van der Waals surface area contributed by atoms with Crippen LogP contribution in [-0.2, 0) is 24.1 Å². The highest BCUT2D eigenvalue weighted by molar-refractivity contribution is 7.16. The summed E-state index contributed by atoms with van der Waals surface area (Å²) in [6.45, 7) is 3.12. The van der Waals surface area contributed by atoms with Crippen molar-refractivity contribution in [1.82, 2.24) is 29.8 Å². The SMILES string of the molecule is COc1ccc(Cn2ncc(NC(C)COCc3cn(C4CCN(c5ncc(C#N)s5)C4)nn3)c(C(F)(F)F)c2=O)cc1. The van der Waals surface area contributed by atoms with Gasteiger partial charge >= 0.3 is 6.18 Å². The van der Waals surface area contributed by atoms with Gasteiger partial charge in [-0.3, -0.25) is 4.79 Å². The van der Waals surface area contributed by atoms with E-state index in [1.54, 1.807) is 48.3 Å². The molecule has 1 aromatic carbocycles. The van der Waals surface area contributed by atoms with Gasteiger partial charge in [-0.25, -0.2) is 14.3 Å². The zero-order valence-electron chi connectivity index (χ0n) is 23.3. The Morgan fingerprint density at radius 1 is 1.26 bits per heavy atom. The van der Waals surface area contributed by atoms with Crippen LogP contribution in [0.5, 0.6) is 5.75 Å². The number of anilines is 2. The van der Waals surface area contributed by atoms with Gasteiger partial charge < -0.3 is 19.7 Å². The van der Waals surface area contributed by atoms with Crippen LogP contribution in [0.1, 0.15) is 41.1 Å². The number of nitriles is 1. The molecule has 2 unspecified atom stereocenters. The van der Waals surface area contributed by atoms with E-state index < -0.39 is 29.0 Å². The number of methoxy groups -OCH3 is 1. The minimum Gasteiger partial charge on any atom is -0.497 e. The molecule has 0 radical (unpaired) electrons. The summed E-state index contributed by atoms with van der Waals surface area (Å²) in [6, 6.07) is 8.22. The molecule has 0 amide bonds. The number of rotatable bonds is 11. The smallest absolute Gasteiger partial charge is 0.423 e. The average molecular weight is 616 g/mol. The van der Waals surface area contributed by atoms with E-state index >= 15 is 0 Å². The Labute approximate surface area is 248 Å². The third-order valence-electron chi connectivity index (χ3n) is 6.81. The number of alkyl halides is 3. The van der Waals surface area contributed by atoms with E-state index in [1.807, 2.05) is 0 Å². The Kier molecular flexibility index (Phi) is 8.92. The molecule has 3 aromatic heterocycles. The summed E-state index contributed by atoms with van der Waals surface area (Å²) in [5.74, 6) is 0.588. The highest BCUT2D eigenvalue weighted by Gasteiger charge is 2.38. The molecule has 43 heavy (non-hydrogen) atoms. The van der Waals surface area contributed by atoms with Crippen LogP contribution in [0.15, 0.2) is 47.7 Å². The van der Waals surface area contributed by atoms with Gasteiger partial charge in [-0.2, -0.15) is 23.5 Å². The summed E-state index contributed by atoms with van der Waals surface area (Å²) in [6.07, 6.45) is 0.291. The predicted octanol–water partition coefficient (Wildman–Crippen LogP) is 3.71. The third-order valence-corrected chi connectivity index (χ3v) is 7.77. The lowest BCUT2D eigenvalue weighted by Crippen LogP contribution is -2.34. The Bertz CT molecular complexity index is 1650. The van der Waals surface area contributed by atoms with Crippen molar-refractivity contribution in [3.8, 4) is 11.8 Å². The Morgan fingerprint density at radius 2 is 2.05 bits per heavy atom. The summed E-state index contributed by atoms with van der Waals surface area (Å²) in [5.41, 5.74) is -1.81. The highest BCUT2D eigenvalue weighted by atomic mass is 32.1. The fraction of sp³-hybridized carbons (Fsp3) is 0.407. The number of nitrogens with zero attached hydrogens (tertiary/aromatic N) is 8. The van der Waals surface area contributed by atoms with Crippen LogP contribution in [0.3, 0.4) is 0 Å².